The third kappa shape index (κ3) is 3.25. The summed E-state index contributed by atoms with van der Waals surface area (Å²) >= 11 is 0. The van der Waals surface area contributed by atoms with Gasteiger partial charge in [-0.2, -0.15) is 0 Å². The van der Waals surface area contributed by atoms with Crippen molar-refractivity contribution in [3.05, 3.63) is 59.7 Å². The first-order valence-electron chi connectivity index (χ1n) is 6.82. The molecule has 2 aromatic rings. The quantitative estimate of drug-likeness (QED) is 0.789. The molecule has 0 saturated heterocycles. The van der Waals surface area contributed by atoms with Crippen molar-refractivity contribution in [2.45, 2.75) is 19.3 Å². The molecule has 2 aromatic heterocycles. The Balaban J connectivity index is 1.88. The van der Waals surface area contributed by atoms with E-state index in [9.17, 15) is 4.79 Å². The third-order valence-electron chi connectivity index (χ3n) is 3.29. The van der Waals surface area contributed by atoms with Crippen molar-refractivity contribution in [2.75, 3.05) is 0 Å². The van der Waals surface area contributed by atoms with E-state index in [4.69, 9.17) is 0 Å². The Kier molecular flexibility index (Phi) is 3.91. The lowest BCUT2D eigenvalue weighted by molar-refractivity contribution is -0.112. The minimum Gasteiger partial charge on any atom is -0.289 e. The summed E-state index contributed by atoms with van der Waals surface area (Å²) in [4.78, 5) is 28.8. The van der Waals surface area contributed by atoms with E-state index in [1.54, 1.807) is 36.8 Å². The zero-order valence-electron chi connectivity index (χ0n) is 11.4. The maximum Gasteiger partial charge on any atom is 0.185 e. The van der Waals surface area contributed by atoms with Gasteiger partial charge in [0.2, 0.25) is 0 Å². The summed E-state index contributed by atoms with van der Waals surface area (Å²) in [5.41, 5.74) is 2.29. The minimum absolute atomic E-state index is 0.0623. The summed E-state index contributed by atoms with van der Waals surface area (Å²) in [7, 11) is 0. The van der Waals surface area contributed by atoms with Crippen LogP contribution in [-0.4, -0.2) is 25.7 Å². The van der Waals surface area contributed by atoms with Crippen molar-refractivity contribution in [1.82, 2.24) is 19.9 Å². The van der Waals surface area contributed by atoms with Crippen molar-refractivity contribution in [1.29, 1.82) is 0 Å². The number of ketones is 1. The molecule has 2 heterocycles. The summed E-state index contributed by atoms with van der Waals surface area (Å²) in [6, 6.07) is 3.55. The predicted octanol–water partition coefficient (Wildman–Crippen LogP) is 2.49. The molecule has 0 bridgehead atoms. The van der Waals surface area contributed by atoms with Gasteiger partial charge in [-0.05, 0) is 43.5 Å². The molecule has 3 rings (SSSR count). The lowest BCUT2D eigenvalue weighted by atomic mass is 9.88. The molecule has 1 aliphatic rings. The predicted molar refractivity (Wildman–Crippen MR) is 78.9 cm³/mol. The molecule has 0 aliphatic heterocycles. The number of Topliss-reactive ketones (excluding diaryl/α,β-unsaturated/α-hetero) is 1. The summed E-state index contributed by atoms with van der Waals surface area (Å²) < 4.78 is 0. The van der Waals surface area contributed by atoms with Gasteiger partial charge in [0.25, 0.3) is 0 Å². The Bertz CT molecular complexity index is 633. The Labute approximate surface area is 122 Å². The number of hydrogen-bond acceptors (Lipinski definition) is 5. The van der Waals surface area contributed by atoms with Crippen LogP contribution in [0.15, 0.2) is 48.2 Å². The molecule has 1 saturated carbocycles. The number of hydrogen-bond donors (Lipinski definition) is 0. The van der Waals surface area contributed by atoms with Crippen LogP contribution < -0.4 is 0 Å². The average molecular weight is 278 g/mol. The van der Waals surface area contributed by atoms with Gasteiger partial charge in [0.05, 0.1) is 5.69 Å². The fourth-order valence-electron chi connectivity index (χ4n) is 2.28. The monoisotopic (exact) mass is 278 g/mol. The molecule has 0 radical (unpaired) electrons. The zero-order chi connectivity index (χ0) is 14.5. The van der Waals surface area contributed by atoms with E-state index in [0.29, 0.717) is 5.82 Å². The molecular weight excluding hydrogens is 264 g/mol. The molecule has 0 unspecified atom stereocenters. The summed E-state index contributed by atoms with van der Waals surface area (Å²) in [5, 5.41) is 0. The second-order valence-electron chi connectivity index (χ2n) is 4.76. The van der Waals surface area contributed by atoms with E-state index >= 15 is 0 Å². The van der Waals surface area contributed by atoms with Gasteiger partial charge in [0, 0.05) is 29.7 Å². The highest BCUT2D eigenvalue weighted by atomic mass is 16.1. The number of allylic oxidation sites excluding steroid dienone is 2. The summed E-state index contributed by atoms with van der Waals surface area (Å²) in [6.45, 7) is 0. The van der Waals surface area contributed by atoms with Gasteiger partial charge in [-0.25, -0.2) is 19.9 Å². The van der Waals surface area contributed by atoms with Crippen LogP contribution in [0.25, 0.3) is 12.2 Å². The number of nitrogens with zero attached hydrogens (tertiary/aromatic N) is 4. The number of carbonyl (C=O) groups excluding carboxylic acids is 1. The van der Waals surface area contributed by atoms with Gasteiger partial charge in [0.15, 0.2) is 11.6 Å². The van der Waals surface area contributed by atoms with E-state index in [-0.39, 0.29) is 5.78 Å². The standard InChI is InChI=1S/C16H14N4O/c21-16-12(9-14-5-8-17-11-20-14)3-1-4-13(16)10-15-18-6-2-7-19-15/h2,5-11H,1,3-4H2/b12-9+,13-10+. The topological polar surface area (TPSA) is 68.6 Å². The smallest absolute Gasteiger partial charge is 0.185 e. The van der Waals surface area contributed by atoms with E-state index in [2.05, 4.69) is 19.9 Å². The van der Waals surface area contributed by atoms with Crippen LogP contribution >= 0.6 is 0 Å². The Morgan fingerprint density at radius 3 is 2.43 bits per heavy atom. The van der Waals surface area contributed by atoms with Crippen LogP contribution in [0.5, 0.6) is 0 Å². The highest BCUT2D eigenvalue weighted by Gasteiger charge is 2.20. The molecule has 104 valence electrons. The van der Waals surface area contributed by atoms with E-state index in [1.807, 2.05) is 6.08 Å². The molecule has 21 heavy (non-hydrogen) atoms. The molecule has 1 fully saturated rings. The van der Waals surface area contributed by atoms with Gasteiger partial charge in [0.1, 0.15) is 6.33 Å². The SMILES string of the molecule is O=C1/C(=C/c2ccncn2)CCC/C1=C\c1ncccn1. The normalized spacial score (nSPS) is 19.1. The molecule has 5 heteroatoms. The van der Waals surface area contributed by atoms with Crippen LogP contribution in [0.1, 0.15) is 30.8 Å². The van der Waals surface area contributed by atoms with Gasteiger partial charge < -0.3 is 0 Å². The van der Waals surface area contributed by atoms with Crippen molar-refractivity contribution in [3.63, 3.8) is 0 Å². The van der Waals surface area contributed by atoms with E-state index < -0.39 is 0 Å². The number of carbonyl (C=O) groups is 1. The fourth-order valence-corrected chi connectivity index (χ4v) is 2.28. The first-order chi connectivity index (χ1) is 10.3. The fraction of sp³-hybridized carbons (Fsp3) is 0.188. The van der Waals surface area contributed by atoms with Crippen LogP contribution in [-0.2, 0) is 4.79 Å². The lowest BCUT2D eigenvalue weighted by Crippen LogP contribution is -2.12. The molecule has 0 aromatic carbocycles. The Morgan fingerprint density at radius 2 is 1.71 bits per heavy atom. The van der Waals surface area contributed by atoms with E-state index in [0.717, 1.165) is 36.1 Å². The van der Waals surface area contributed by atoms with E-state index in [1.165, 1.54) is 6.33 Å². The second kappa shape index (κ2) is 6.17. The Hall–Kier alpha value is -2.69. The molecule has 0 spiro atoms. The van der Waals surface area contributed by atoms with Gasteiger partial charge >= 0.3 is 0 Å². The lowest BCUT2D eigenvalue weighted by Gasteiger charge is -2.16. The van der Waals surface area contributed by atoms with Crippen LogP contribution in [0, 0.1) is 0 Å². The van der Waals surface area contributed by atoms with Crippen LogP contribution in [0.2, 0.25) is 0 Å². The highest BCUT2D eigenvalue weighted by molar-refractivity contribution is 6.13. The van der Waals surface area contributed by atoms with Crippen LogP contribution in [0.3, 0.4) is 0 Å². The minimum atomic E-state index is 0.0623. The first kappa shape index (κ1) is 13.3. The third-order valence-corrected chi connectivity index (χ3v) is 3.29. The molecule has 5 nitrogen and oxygen atoms in total. The number of rotatable bonds is 2. The van der Waals surface area contributed by atoms with Gasteiger partial charge in [-0.15, -0.1) is 0 Å². The average Bonchev–Trinajstić information content (AvgIpc) is 2.53. The van der Waals surface area contributed by atoms with Crippen LogP contribution in [0.4, 0.5) is 0 Å². The summed E-state index contributed by atoms with van der Waals surface area (Å²) in [6.07, 6.45) is 12.6. The molecular formula is C16H14N4O. The van der Waals surface area contributed by atoms with Crippen molar-refractivity contribution in [3.8, 4) is 0 Å². The zero-order valence-corrected chi connectivity index (χ0v) is 11.4. The van der Waals surface area contributed by atoms with Crippen molar-refractivity contribution < 1.29 is 4.79 Å². The Morgan fingerprint density at radius 1 is 0.952 bits per heavy atom. The molecule has 0 atom stereocenters. The molecule has 1 aliphatic carbocycles. The maximum absolute atomic E-state index is 12.5. The van der Waals surface area contributed by atoms with Crippen molar-refractivity contribution in [2.24, 2.45) is 0 Å². The molecule has 0 amide bonds. The first-order valence-corrected chi connectivity index (χ1v) is 6.82. The highest BCUT2D eigenvalue weighted by Crippen LogP contribution is 2.27. The van der Waals surface area contributed by atoms with Gasteiger partial charge in [-0.1, -0.05) is 0 Å². The maximum atomic E-state index is 12.5. The van der Waals surface area contributed by atoms with Gasteiger partial charge in [-0.3, -0.25) is 4.79 Å². The van der Waals surface area contributed by atoms with Crippen molar-refractivity contribution >= 4 is 17.9 Å². The summed E-state index contributed by atoms with van der Waals surface area (Å²) in [5.74, 6) is 0.636. The number of aromatic nitrogens is 4. The second-order valence-corrected chi connectivity index (χ2v) is 4.76. The largest absolute Gasteiger partial charge is 0.289 e. The molecule has 0 N–H and O–H groups in total.